The average molecular weight is 453 g/mol. The number of esters is 1. The van der Waals surface area contributed by atoms with Crippen LogP contribution in [0.1, 0.15) is 52.1 Å². The van der Waals surface area contributed by atoms with Gasteiger partial charge >= 0.3 is 11.6 Å². The van der Waals surface area contributed by atoms with E-state index >= 15 is 0 Å². The molecule has 3 heterocycles. The van der Waals surface area contributed by atoms with Gasteiger partial charge in [-0.05, 0) is 67.1 Å². The molecule has 0 saturated carbocycles. The molecule has 34 heavy (non-hydrogen) atoms. The number of pyridine rings is 1. The van der Waals surface area contributed by atoms with E-state index in [1.165, 1.54) is 0 Å². The molecule has 6 heteroatoms. The molecule has 1 atom stereocenters. The van der Waals surface area contributed by atoms with E-state index < -0.39 is 0 Å². The Labute approximate surface area is 196 Å². The number of fused-ring (bicyclic) bond motifs is 5. The molecule has 0 bridgehead atoms. The smallest absolute Gasteiger partial charge is 0.339 e. The second-order valence-corrected chi connectivity index (χ2v) is 8.96. The van der Waals surface area contributed by atoms with Gasteiger partial charge in [0.15, 0.2) is 0 Å². The molecule has 1 aliphatic carbocycles. The van der Waals surface area contributed by atoms with Crippen molar-refractivity contribution in [2.75, 3.05) is 0 Å². The molecule has 0 radical (unpaired) electrons. The first-order valence-corrected chi connectivity index (χ1v) is 11.5. The molecule has 6 nitrogen and oxygen atoms in total. The second kappa shape index (κ2) is 8.13. The Bertz CT molecular complexity index is 1490. The molecular formula is C28H23NO5. The van der Waals surface area contributed by atoms with E-state index in [0.29, 0.717) is 29.9 Å². The van der Waals surface area contributed by atoms with E-state index in [2.05, 4.69) is 4.98 Å². The highest BCUT2D eigenvalue weighted by molar-refractivity contribution is 5.94. The van der Waals surface area contributed by atoms with E-state index in [4.69, 9.17) is 13.9 Å². The molecule has 0 spiro atoms. The van der Waals surface area contributed by atoms with E-state index in [1.54, 1.807) is 12.4 Å². The van der Waals surface area contributed by atoms with Crippen molar-refractivity contribution in [3.63, 3.8) is 0 Å². The predicted octanol–water partition coefficient (Wildman–Crippen LogP) is 5.01. The number of hydrogen-bond acceptors (Lipinski definition) is 6. The van der Waals surface area contributed by atoms with Crippen LogP contribution in [0, 0.1) is 6.92 Å². The number of hydrogen-bond donors (Lipinski definition) is 0. The predicted molar refractivity (Wildman–Crippen MR) is 126 cm³/mol. The molecule has 0 fully saturated rings. The second-order valence-electron chi connectivity index (χ2n) is 8.96. The fraction of sp³-hybridized carbons (Fsp3) is 0.250. The van der Waals surface area contributed by atoms with Crippen LogP contribution in [0.25, 0.3) is 11.0 Å². The monoisotopic (exact) mass is 453 g/mol. The Morgan fingerprint density at radius 2 is 1.97 bits per heavy atom. The number of benzene rings is 2. The van der Waals surface area contributed by atoms with Crippen molar-refractivity contribution in [3.8, 4) is 11.5 Å². The van der Waals surface area contributed by atoms with Crippen LogP contribution >= 0.6 is 0 Å². The van der Waals surface area contributed by atoms with Gasteiger partial charge < -0.3 is 13.9 Å². The highest BCUT2D eigenvalue weighted by Crippen LogP contribution is 2.47. The van der Waals surface area contributed by atoms with Crippen molar-refractivity contribution in [2.45, 2.75) is 45.1 Å². The molecule has 2 aromatic carbocycles. The Kier molecular flexibility index (Phi) is 4.94. The van der Waals surface area contributed by atoms with Crippen molar-refractivity contribution in [1.29, 1.82) is 0 Å². The standard InChI is InChI=1S/C28H23NO5/c1-16-11-23-26(20-8-3-9-21(20)28(31)33-23)27-25(16)22(13-24(30)34-27)18-6-2-7-19(12-18)32-15-17-5-4-10-29-14-17/h2,4-7,10-12,14,22H,3,8-9,13,15H2,1H3. The van der Waals surface area contributed by atoms with Crippen LogP contribution in [0.15, 0.2) is 64.1 Å². The minimum absolute atomic E-state index is 0.174. The normalized spacial score (nSPS) is 16.7. The molecule has 1 aliphatic heterocycles. The summed E-state index contributed by atoms with van der Waals surface area (Å²) in [6.07, 6.45) is 6.13. The van der Waals surface area contributed by atoms with Crippen molar-refractivity contribution < 1.29 is 18.7 Å². The highest BCUT2D eigenvalue weighted by atomic mass is 16.5. The number of carbonyl (C=O) groups is 1. The van der Waals surface area contributed by atoms with Gasteiger partial charge in [-0.15, -0.1) is 0 Å². The maximum atomic E-state index is 12.8. The van der Waals surface area contributed by atoms with Crippen LogP contribution in [0.5, 0.6) is 11.5 Å². The summed E-state index contributed by atoms with van der Waals surface area (Å²) >= 11 is 0. The van der Waals surface area contributed by atoms with Gasteiger partial charge in [0.1, 0.15) is 23.7 Å². The lowest BCUT2D eigenvalue weighted by atomic mass is 9.82. The van der Waals surface area contributed by atoms with Gasteiger partial charge in [0.05, 0.1) is 11.8 Å². The lowest BCUT2D eigenvalue weighted by molar-refractivity contribution is -0.135. The van der Waals surface area contributed by atoms with Crippen LogP contribution in [0.2, 0.25) is 0 Å². The summed E-state index contributed by atoms with van der Waals surface area (Å²) in [5, 5.41) is 0.773. The topological polar surface area (TPSA) is 78.6 Å². The number of nitrogens with zero attached hydrogens (tertiary/aromatic N) is 1. The molecule has 0 saturated heterocycles. The molecule has 170 valence electrons. The number of aromatic nitrogens is 1. The Morgan fingerprint density at radius 1 is 1.09 bits per heavy atom. The van der Waals surface area contributed by atoms with E-state index in [0.717, 1.165) is 51.8 Å². The summed E-state index contributed by atoms with van der Waals surface area (Å²) < 4.78 is 17.5. The first kappa shape index (κ1) is 20.7. The Morgan fingerprint density at radius 3 is 2.82 bits per heavy atom. The molecular weight excluding hydrogens is 430 g/mol. The lowest BCUT2D eigenvalue weighted by Gasteiger charge is -2.28. The van der Waals surface area contributed by atoms with Gasteiger partial charge in [-0.25, -0.2) is 4.79 Å². The van der Waals surface area contributed by atoms with Crippen molar-refractivity contribution in [2.24, 2.45) is 0 Å². The van der Waals surface area contributed by atoms with Gasteiger partial charge in [0.25, 0.3) is 0 Å². The van der Waals surface area contributed by atoms with E-state index in [1.807, 2.05) is 49.4 Å². The van der Waals surface area contributed by atoms with Gasteiger partial charge in [-0.2, -0.15) is 0 Å². The summed E-state index contributed by atoms with van der Waals surface area (Å²) in [5.41, 5.74) is 5.75. The fourth-order valence-electron chi connectivity index (χ4n) is 5.26. The molecule has 6 rings (SSSR count). The first-order valence-electron chi connectivity index (χ1n) is 11.5. The summed E-state index contributed by atoms with van der Waals surface area (Å²) in [5.74, 6) is 0.808. The van der Waals surface area contributed by atoms with Crippen LogP contribution in [-0.4, -0.2) is 11.0 Å². The zero-order valence-corrected chi connectivity index (χ0v) is 18.8. The molecule has 4 aromatic rings. The molecule has 1 unspecified atom stereocenters. The summed E-state index contributed by atoms with van der Waals surface area (Å²) in [6, 6.07) is 13.6. The molecule has 0 amide bonds. The minimum atomic E-state index is -0.288. The summed E-state index contributed by atoms with van der Waals surface area (Å²) in [4.78, 5) is 29.4. The van der Waals surface area contributed by atoms with E-state index in [-0.39, 0.29) is 23.9 Å². The van der Waals surface area contributed by atoms with Gasteiger partial charge in [-0.3, -0.25) is 9.78 Å². The third-order valence-electron chi connectivity index (χ3n) is 6.78. The number of ether oxygens (including phenoxy) is 2. The van der Waals surface area contributed by atoms with Gasteiger partial charge in [0, 0.05) is 35.0 Å². The third kappa shape index (κ3) is 3.46. The molecule has 0 N–H and O–H groups in total. The summed E-state index contributed by atoms with van der Waals surface area (Å²) in [6.45, 7) is 2.38. The van der Waals surface area contributed by atoms with Gasteiger partial charge in [0.2, 0.25) is 0 Å². The Hall–Kier alpha value is -3.93. The van der Waals surface area contributed by atoms with Crippen molar-refractivity contribution >= 4 is 16.9 Å². The molecule has 2 aliphatic rings. The fourth-order valence-corrected chi connectivity index (χ4v) is 5.26. The van der Waals surface area contributed by atoms with Crippen LogP contribution in [0.3, 0.4) is 0 Å². The highest BCUT2D eigenvalue weighted by Gasteiger charge is 2.34. The zero-order valence-electron chi connectivity index (χ0n) is 18.8. The maximum absolute atomic E-state index is 12.8. The van der Waals surface area contributed by atoms with Crippen molar-refractivity contribution in [1.82, 2.24) is 4.98 Å². The first-order chi connectivity index (χ1) is 16.6. The third-order valence-corrected chi connectivity index (χ3v) is 6.78. The number of rotatable bonds is 4. The number of carbonyl (C=O) groups excluding carboxylic acids is 1. The maximum Gasteiger partial charge on any atom is 0.339 e. The van der Waals surface area contributed by atoms with Crippen LogP contribution < -0.4 is 15.1 Å². The van der Waals surface area contributed by atoms with Crippen LogP contribution in [0.4, 0.5) is 0 Å². The quantitative estimate of drug-likeness (QED) is 0.246. The number of aryl methyl sites for hydroxylation is 2. The molecule has 2 aromatic heterocycles. The van der Waals surface area contributed by atoms with Gasteiger partial charge in [-0.1, -0.05) is 18.2 Å². The lowest BCUT2D eigenvalue weighted by Crippen LogP contribution is -2.23. The van der Waals surface area contributed by atoms with Crippen molar-refractivity contribution in [3.05, 3.63) is 98.7 Å². The summed E-state index contributed by atoms with van der Waals surface area (Å²) in [7, 11) is 0. The van der Waals surface area contributed by atoms with Crippen LogP contribution in [-0.2, 0) is 24.2 Å². The minimum Gasteiger partial charge on any atom is -0.489 e. The SMILES string of the molecule is Cc1cc2oc(=O)c3c(c2c2c1C(c1cccc(OCc4cccnc4)c1)CC(=O)O2)CCC3. The Balaban J connectivity index is 1.44. The zero-order chi connectivity index (χ0) is 23.2. The largest absolute Gasteiger partial charge is 0.489 e. The van der Waals surface area contributed by atoms with E-state index in [9.17, 15) is 9.59 Å². The average Bonchev–Trinajstić information content (AvgIpc) is 3.33.